The van der Waals surface area contributed by atoms with Crippen molar-refractivity contribution in [2.45, 2.75) is 58.2 Å². The Morgan fingerprint density at radius 1 is 1.35 bits per heavy atom. The summed E-state index contributed by atoms with van der Waals surface area (Å²) in [6, 6.07) is 6.68. The van der Waals surface area contributed by atoms with Crippen LogP contribution in [0.5, 0.6) is 0 Å². The Hall–Kier alpha value is -1.17. The SMILES string of the molecule is CCC(CC)c1cc(CNC(=NC)NCC(c2cccs2)N2CCOC(C)C2)on1.I. The Kier molecular flexibility index (Phi) is 11.3. The van der Waals surface area contributed by atoms with E-state index in [2.05, 4.69) is 70.0 Å². The number of hydrogen-bond acceptors (Lipinski definition) is 6. The molecule has 9 heteroatoms. The molecule has 0 aromatic carbocycles. The lowest BCUT2D eigenvalue weighted by Gasteiger charge is -2.37. The molecular formula is C22H36IN5O2S. The van der Waals surface area contributed by atoms with Gasteiger partial charge < -0.3 is 19.9 Å². The van der Waals surface area contributed by atoms with Crippen molar-refractivity contribution in [3.05, 3.63) is 39.9 Å². The molecule has 1 saturated heterocycles. The molecule has 7 nitrogen and oxygen atoms in total. The summed E-state index contributed by atoms with van der Waals surface area (Å²) in [6.45, 7) is 10.5. The molecule has 3 rings (SSSR count). The first-order valence-electron chi connectivity index (χ1n) is 10.9. The summed E-state index contributed by atoms with van der Waals surface area (Å²) < 4.78 is 11.3. The van der Waals surface area contributed by atoms with Crippen molar-refractivity contribution in [2.75, 3.05) is 33.3 Å². The summed E-state index contributed by atoms with van der Waals surface area (Å²) in [5.74, 6) is 2.05. The number of ether oxygens (including phenoxy) is 1. The second-order valence-electron chi connectivity index (χ2n) is 7.75. The highest BCUT2D eigenvalue weighted by atomic mass is 127. The molecule has 0 aliphatic carbocycles. The van der Waals surface area contributed by atoms with Gasteiger partial charge in [0.05, 0.1) is 31.0 Å². The third kappa shape index (κ3) is 7.44. The highest BCUT2D eigenvalue weighted by Crippen LogP contribution is 2.26. The Morgan fingerprint density at radius 2 is 2.16 bits per heavy atom. The fourth-order valence-corrected chi connectivity index (χ4v) is 4.78. The van der Waals surface area contributed by atoms with E-state index in [0.717, 1.165) is 56.5 Å². The molecule has 2 aromatic rings. The lowest BCUT2D eigenvalue weighted by atomic mass is 9.99. The molecule has 2 aromatic heterocycles. The second-order valence-corrected chi connectivity index (χ2v) is 8.73. The van der Waals surface area contributed by atoms with Gasteiger partial charge in [-0.05, 0) is 31.2 Å². The van der Waals surface area contributed by atoms with Crippen molar-refractivity contribution >= 4 is 41.3 Å². The standard InChI is InChI=1S/C22H35N5O2S.HI/c1-5-17(6-2)19-12-18(29-26-19)13-24-22(23-4)25-14-20(21-8-7-11-30-21)27-9-10-28-16(3)15-27;/h7-8,11-12,16-17,20H,5-6,9-10,13-15H2,1-4H3,(H2,23,24,25);1H. The number of thiophene rings is 1. The first-order valence-corrected chi connectivity index (χ1v) is 11.8. The lowest BCUT2D eigenvalue weighted by Crippen LogP contribution is -2.47. The first-order chi connectivity index (χ1) is 14.6. The fraction of sp³-hybridized carbons (Fsp3) is 0.636. The van der Waals surface area contributed by atoms with E-state index in [1.165, 1.54) is 4.88 Å². The number of halogens is 1. The number of aromatic nitrogens is 1. The van der Waals surface area contributed by atoms with Gasteiger partial charge in [0, 0.05) is 43.5 Å². The highest BCUT2D eigenvalue weighted by Gasteiger charge is 2.26. The monoisotopic (exact) mass is 561 g/mol. The zero-order valence-corrected chi connectivity index (χ0v) is 22.1. The molecular weight excluding hydrogens is 525 g/mol. The molecule has 0 amide bonds. The normalized spacial score (nSPS) is 18.6. The zero-order valence-electron chi connectivity index (χ0n) is 19.0. The van der Waals surface area contributed by atoms with E-state index in [-0.39, 0.29) is 30.1 Å². The molecule has 0 saturated carbocycles. The van der Waals surface area contributed by atoms with Gasteiger partial charge in [-0.15, -0.1) is 35.3 Å². The predicted molar refractivity (Wildman–Crippen MR) is 137 cm³/mol. The maximum Gasteiger partial charge on any atom is 0.191 e. The molecule has 3 heterocycles. The molecule has 1 aliphatic rings. The van der Waals surface area contributed by atoms with Gasteiger partial charge in [-0.3, -0.25) is 9.89 Å². The van der Waals surface area contributed by atoms with Crippen LogP contribution in [0.15, 0.2) is 33.1 Å². The maximum atomic E-state index is 5.73. The fourth-order valence-electron chi connectivity index (χ4n) is 3.92. The van der Waals surface area contributed by atoms with Gasteiger partial charge in [0.15, 0.2) is 11.7 Å². The largest absolute Gasteiger partial charge is 0.376 e. The van der Waals surface area contributed by atoms with Crippen LogP contribution in [0.25, 0.3) is 0 Å². The molecule has 2 unspecified atom stereocenters. The summed E-state index contributed by atoms with van der Waals surface area (Å²) in [5, 5.41) is 13.2. The van der Waals surface area contributed by atoms with Gasteiger partial charge in [-0.25, -0.2) is 0 Å². The van der Waals surface area contributed by atoms with Crippen LogP contribution < -0.4 is 10.6 Å². The summed E-state index contributed by atoms with van der Waals surface area (Å²) in [4.78, 5) is 8.24. The molecule has 0 spiro atoms. The Bertz CT molecular complexity index is 779. The summed E-state index contributed by atoms with van der Waals surface area (Å²) >= 11 is 1.80. The first kappa shape index (κ1) is 26.1. The topological polar surface area (TPSA) is 74.9 Å². The van der Waals surface area contributed by atoms with Crippen molar-refractivity contribution in [2.24, 2.45) is 4.99 Å². The van der Waals surface area contributed by atoms with Crippen LogP contribution in [0.2, 0.25) is 0 Å². The van der Waals surface area contributed by atoms with Crippen molar-refractivity contribution < 1.29 is 9.26 Å². The number of morpholine rings is 1. The van der Waals surface area contributed by atoms with Crippen LogP contribution in [0.1, 0.15) is 61.9 Å². The number of hydrogen-bond donors (Lipinski definition) is 2. The van der Waals surface area contributed by atoms with Gasteiger partial charge in [0.25, 0.3) is 0 Å². The number of aliphatic imine (C=N–C) groups is 1. The van der Waals surface area contributed by atoms with E-state index < -0.39 is 0 Å². The second kappa shape index (κ2) is 13.4. The summed E-state index contributed by atoms with van der Waals surface area (Å²) in [6.07, 6.45) is 2.40. The number of nitrogens with zero attached hydrogens (tertiary/aromatic N) is 3. The van der Waals surface area contributed by atoms with E-state index in [4.69, 9.17) is 9.26 Å². The average molecular weight is 562 g/mol. The molecule has 174 valence electrons. The number of nitrogens with one attached hydrogen (secondary N) is 2. The molecule has 2 N–H and O–H groups in total. The van der Waals surface area contributed by atoms with Gasteiger partial charge in [-0.1, -0.05) is 25.1 Å². The third-order valence-corrected chi connectivity index (χ3v) is 6.66. The quantitative estimate of drug-likeness (QED) is 0.269. The van der Waals surface area contributed by atoms with Crippen molar-refractivity contribution in [1.29, 1.82) is 0 Å². The van der Waals surface area contributed by atoms with Crippen LogP contribution >= 0.6 is 35.3 Å². The molecule has 0 bridgehead atoms. The molecule has 1 fully saturated rings. The Balaban J connectivity index is 0.00000341. The van der Waals surface area contributed by atoms with Crippen LogP contribution in [0.3, 0.4) is 0 Å². The van der Waals surface area contributed by atoms with Gasteiger partial charge in [0.1, 0.15) is 0 Å². The summed E-state index contributed by atoms with van der Waals surface area (Å²) in [5.41, 5.74) is 1.04. The number of rotatable bonds is 9. The maximum absolute atomic E-state index is 5.73. The van der Waals surface area contributed by atoms with Crippen LogP contribution in [-0.4, -0.2) is 55.4 Å². The average Bonchev–Trinajstić information content (AvgIpc) is 3.44. The van der Waals surface area contributed by atoms with Gasteiger partial charge in [0.2, 0.25) is 0 Å². The van der Waals surface area contributed by atoms with Gasteiger partial charge in [-0.2, -0.15) is 0 Å². The molecule has 2 atom stereocenters. The third-order valence-electron chi connectivity index (χ3n) is 5.68. The van der Waals surface area contributed by atoms with E-state index in [1.807, 2.05) is 0 Å². The van der Waals surface area contributed by atoms with E-state index >= 15 is 0 Å². The van der Waals surface area contributed by atoms with Crippen LogP contribution in [-0.2, 0) is 11.3 Å². The minimum Gasteiger partial charge on any atom is -0.376 e. The minimum absolute atomic E-state index is 0. The number of guanidine groups is 1. The molecule has 0 radical (unpaired) electrons. The Labute approximate surface area is 207 Å². The van der Waals surface area contributed by atoms with Crippen LogP contribution in [0, 0.1) is 0 Å². The smallest absolute Gasteiger partial charge is 0.191 e. The van der Waals surface area contributed by atoms with E-state index in [9.17, 15) is 0 Å². The zero-order chi connectivity index (χ0) is 21.3. The Morgan fingerprint density at radius 3 is 2.81 bits per heavy atom. The molecule has 1 aliphatic heterocycles. The van der Waals surface area contributed by atoms with Crippen LogP contribution in [0.4, 0.5) is 0 Å². The minimum atomic E-state index is 0. The molecule has 31 heavy (non-hydrogen) atoms. The van der Waals surface area contributed by atoms with E-state index in [0.29, 0.717) is 18.5 Å². The van der Waals surface area contributed by atoms with E-state index in [1.54, 1.807) is 18.4 Å². The van der Waals surface area contributed by atoms with Gasteiger partial charge >= 0.3 is 0 Å². The van der Waals surface area contributed by atoms with Crippen molar-refractivity contribution in [3.8, 4) is 0 Å². The summed E-state index contributed by atoms with van der Waals surface area (Å²) in [7, 11) is 1.79. The predicted octanol–water partition coefficient (Wildman–Crippen LogP) is 4.38. The lowest BCUT2D eigenvalue weighted by molar-refractivity contribution is -0.0334. The van der Waals surface area contributed by atoms with Crippen molar-refractivity contribution in [1.82, 2.24) is 20.7 Å². The highest BCUT2D eigenvalue weighted by molar-refractivity contribution is 14.0. The van der Waals surface area contributed by atoms with Crippen molar-refractivity contribution in [3.63, 3.8) is 0 Å².